The Morgan fingerprint density at radius 2 is 2.05 bits per heavy atom. The zero-order valence-electron chi connectivity index (χ0n) is 11.2. The highest BCUT2D eigenvalue weighted by Crippen LogP contribution is 2.38. The normalized spacial score (nSPS) is 11.7. The summed E-state index contributed by atoms with van der Waals surface area (Å²) in [6, 6.07) is 5.45. The summed E-state index contributed by atoms with van der Waals surface area (Å²) in [6.45, 7) is 5.84. The molecule has 1 aromatic carbocycles. The lowest BCUT2D eigenvalue weighted by molar-refractivity contribution is 0.0699. The zero-order chi connectivity index (χ0) is 15.1. The Balaban J connectivity index is 2.65. The van der Waals surface area contributed by atoms with E-state index in [-0.39, 0.29) is 10.3 Å². The molecule has 1 heterocycles. The van der Waals surface area contributed by atoms with Crippen molar-refractivity contribution in [3.05, 3.63) is 38.3 Å². The lowest BCUT2D eigenvalue weighted by Crippen LogP contribution is -2.16. The first kappa shape index (κ1) is 15.5. The van der Waals surface area contributed by atoms with E-state index in [1.165, 1.54) is 0 Å². The lowest BCUT2D eigenvalue weighted by atomic mass is 9.91. The summed E-state index contributed by atoms with van der Waals surface area (Å²) in [5.74, 6) is -0.954. The van der Waals surface area contributed by atoms with Gasteiger partial charge in [-0.15, -0.1) is 11.3 Å². The van der Waals surface area contributed by atoms with Gasteiger partial charge in [0.05, 0.1) is 10.7 Å². The quantitative estimate of drug-likeness (QED) is 0.784. The van der Waals surface area contributed by atoms with Crippen molar-refractivity contribution in [1.82, 2.24) is 4.98 Å². The fraction of sp³-hybridized carbons (Fsp3) is 0.286. The first-order chi connectivity index (χ1) is 9.20. The van der Waals surface area contributed by atoms with E-state index in [0.717, 1.165) is 21.4 Å². The van der Waals surface area contributed by atoms with Gasteiger partial charge >= 0.3 is 5.97 Å². The Labute approximate surface area is 134 Å². The van der Waals surface area contributed by atoms with Gasteiger partial charge in [-0.25, -0.2) is 9.78 Å². The van der Waals surface area contributed by atoms with Gasteiger partial charge < -0.3 is 5.11 Å². The van der Waals surface area contributed by atoms with Gasteiger partial charge in [-0.3, -0.25) is 0 Å². The SMILES string of the molecule is CC(C)(C)c1nc(-c2cc(Br)ccc2Cl)sc1C(=O)O. The Morgan fingerprint density at radius 1 is 1.40 bits per heavy atom. The molecule has 0 unspecified atom stereocenters. The van der Waals surface area contributed by atoms with Crippen molar-refractivity contribution in [1.29, 1.82) is 0 Å². The predicted molar refractivity (Wildman–Crippen MR) is 85.9 cm³/mol. The van der Waals surface area contributed by atoms with E-state index in [1.807, 2.05) is 32.9 Å². The smallest absolute Gasteiger partial charge is 0.347 e. The topological polar surface area (TPSA) is 50.2 Å². The summed E-state index contributed by atoms with van der Waals surface area (Å²) >= 11 is 10.7. The lowest BCUT2D eigenvalue weighted by Gasteiger charge is -2.16. The molecule has 0 saturated carbocycles. The number of rotatable bonds is 2. The second-order valence-corrected chi connectivity index (χ2v) is 7.70. The van der Waals surface area contributed by atoms with Crippen molar-refractivity contribution >= 4 is 44.8 Å². The molecule has 6 heteroatoms. The summed E-state index contributed by atoms with van der Waals surface area (Å²) < 4.78 is 0.876. The molecule has 0 fully saturated rings. The van der Waals surface area contributed by atoms with Gasteiger partial charge in [-0.05, 0) is 18.2 Å². The number of aromatic nitrogens is 1. The summed E-state index contributed by atoms with van der Waals surface area (Å²) in [6.07, 6.45) is 0. The van der Waals surface area contributed by atoms with Crippen LogP contribution in [-0.4, -0.2) is 16.1 Å². The maximum Gasteiger partial charge on any atom is 0.347 e. The van der Waals surface area contributed by atoms with Crippen LogP contribution >= 0.6 is 38.9 Å². The third kappa shape index (κ3) is 3.05. The molecule has 0 aliphatic rings. The van der Waals surface area contributed by atoms with Crippen LogP contribution in [0.2, 0.25) is 5.02 Å². The minimum absolute atomic E-state index is 0.267. The van der Waals surface area contributed by atoms with E-state index in [2.05, 4.69) is 20.9 Å². The molecule has 1 N–H and O–H groups in total. The molecular formula is C14H13BrClNO2S. The number of carbonyl (C=O) groups is 1. The Morgan fingerprint density at radius 3 is 2.55 bits per heavy atom. The Hall–Kier alpha value is -0.910. The van der Waals surface area contributed by atoms with Gasteiger partial charge in [-0.1, -0.05) is 48.3 Å². The van der Waals surface area contributed by atoms with E-state index >= 15 is 0 Å². The molecule has 3 nitrogen and oxygen atoms in total. The maximum absolute atomic E-state index is 11.4. The predicted octanol–water partition coefficient (Wildman–Crippen LogP) is 5.22. The molecule has 0 aliphatic heterocycles. The van der Waals surface area contributed by atoms with E-state index in [1.54, 1.807) is 6.07 Å². The van der Waals surface area contributed by atoms with Crippen LogP contribution in [0.4, 0.5) is 0 Å². The molecule has 0 atom stereocenters. The minimum atomic E-state index is -0.954. The third-order valence-corrected chi connectivity index (χ3v) is 4.59. The molecule has 20 heavy (non-hydrogen) atoms. The van der Waals surface area contributed by atoms with Crippen LogP contribution in [-0.2, 0) is 5.41 Å². The van der Waals surface area contributed by atoms with Gasteiger partial charge in [0.1, 0.15) is 9.88 Å². The molecule has 0 amide bonds. The average Bonchev–Trinajstić information content (AvgIpc) is 2.77. The van der Waals surface area contributed by atoms with Crippen LogP contribution in [0.25, 0.3) is 10.6 Å². The van der Waals surface area contributed by atoms with Crippen molar-refractivity contribution in [2.45, 2.75) is 26.2 Å². The highest BCUT2D eigenvalue weighted by Gasteiger charge is 2.27. The largest absolute Gasteiger partial charge is 0.477 e. The van der Waals surface area contributed by atoms with Crippen molar-refractivity contribution < 1.29 is 9.90 Å². The van der Waals surface area contributed by atoms with Crippen LogP contribution in [0.15, 0.2) is 22.7 Å². The maximum atomic E-state index is 11.4. The first-order valence-corrected chi connectivity index (χ1v) is 7.89. The van der Waals surface area contributed by atoms with Crippen LogP contribution in [0.3, 0.4) is 0 Å². The zero-order valence-corrected chi connectivity index (χ0v) is 14.4. The third-order valence-electron chi connectivity index (χ3n) is 2.69. The molecule has 1 aromatic heterocycles. The van der Waals surface area contributed by atoms with Gasteiger partial charge in [0.25, 0.3) is 0 Å². The molecule has 0 spiro atoms. The molecular weight excluding hydrogens is 362 g/mol. The average molecular weight is 375 g/mol. The fourth-order valence-corrected chi connectivity index (χ4v) is 3.52. The standard InChI is InChI=1S/C14H13BrClNO2S/c1-14(2,3)11-10(13(18)19)20-12(17-11)8-6-7(15)4-5-9(8)16/h4-6H,1-3H3,(H,18,19). The van der Waals surface area contributed by atoms with Gasteiger partial charge in [0.2, 0.25) is 0 Å². The number of carboxylic acid groups (broad SMARTS) is 1. The molecule has 0 saturated heterocycles. The van der Waals surface area contributed by atoms with Crippen molar-refractivity contribution in [2.24, 2.45) is 0 Å². The fourth-order valence-electron chi connectivity index (χ4n) is 1.75. The van der Waals surface area contributed by atoms with Crippen LogP contribution in [0.5, 0.6) is 0 Å². The second kappa shape index (κ2) is 5.47. The van der Waals surface area contributed by atoms with Gasteiger partial charge in [0.15, 0.2) is 0 Å². The van der Waals surface area contributed by atoms with Crippen LogP contribution in [0.1, 0.15) is 36.1 Å². The number of aromatic carboxylic acids is 1. The second-order valence-electron chi connectivity index (χ2n) is 5.38. The first-order valence-electron chi connectivity index (χ1n) is 5.90. The van der Waals surface area contributed by atoms with E-state index < -0.39 is 5.97 Å². The molecule has 0 radical (unpaired) electrons. The van der Waals surface area contributed by atoms with Crippen LogP contribution in [0, 0.1) is 0 Å². The molecule has 106 valence electrons. The van der Waals surface area contributed by atoms with E-state index in [9.17, 15) is 9.90 Å². The van der Waals surface area contributed by atoms with E-state index in [4.69, 9.17) is 11.6 Å². The Bertz CT molecular complexity index is 676. The number of hydrogen-bond donors (Lipinski definition) is 1. The minimum Gasteiger partial charge on any atom is -0.477 e. The monoisotopic (exact) mass is 373 g/mol. The van der Waals surface area contributed by atoms with Gasteiger partial charge in [-0.2, -0.15) is 0 Å². The highest BCUT2D eigenvalue weighted by molar-refractivity contribution is 9.10. The number of halogens is 2. The van der Waals surface area contributed by atoms with Crippen molar-refractivity contribution in [2.75, 3.05) is 0 Å². The van der Waals surface area contributed by atoms with Crippen molar-refractivity contribution in [3.8, 4) is 10.6 Å². The molecule has 0 aliphatic carbocycles. The number of benzene rings is 1. The van der Waals surface area contributed by atoms with Crippen LogP contribution < -0.4 is 0 Å². The van der Waals surface area contributed by atoms with Gasteiger partial charge in [0, 0.05) is 15.5 Å². The number of hydrogen-bond acceptors (Lipinski definition) is 3. The molecule has 2 rings (SSSR count). The molecule has 2 aromatic rings. The Kier molecular flexibility index (Phi) is 4.23. The molecule has 0 bridgehead atoms. The number of carboxylic acids is 1. The number of thiazole rings is 1. The highest BCUT2D eigenvalue weighted by atomic mass is 79.9. The van der Waals surface area contributed by atoms with Crippen molar-refractivity contribution in [3.63, 3.8) is 0 Å². The van der Waals surface area contributed by atoms with E-state index in [0.29, 0.717) is 15.7 Å². The summed E-state index contributed by atoms with van der Waals surface area (Å²) in [5, 5.41) is 10.5. The summed E-state index contributed by atoms with van der Waals surface area (Å²) in [5.41, 5.74) is 0.992. The summed E-state index contributed by atoms with van der Waals surface area (Å²) in [4.78, 5) is 16.2. The number of nitrogens with zero attached hydrogens (tertiary/aromatic N) is 1. The summed E-state index contributed by atoms with van der Waals surface area (Å²) in [7, 11) is 0.